The Morgan fingerprint density at radius 1 is 1.44 bits per heavy atom. The van der Waals surface area contributed by atoms with Gasteiger partial charge in [-0.2, -0.15) is 0 Å². The lowest BCUT2D eigenvalue weighted by molar-refractivity contribution is -0.121. The van der Waals surface area contributed by atoms with E-state index < -0.39 is 0 Å². The minimum atomic E-state index is -0.260. The lowest BCUT2D eigenvalue weighted by Gasteiger charge is -2.31. The number of carbonyl (C=O) groups excluding carboxylic acids is 2. The highest BCUT2D eigenvalue weighted by atomic mass is 16.6. The first-order valence-electron chi connectivity index (χ1n) is 5.67. The summed E-state index contributed by atoms with van der Waals surface area (Å²) in [6.45, 7) is 6.99. The lowest BCUT2D eigenvalue weighted by atomic mass is 10.1. The van der Waals surface area contributed by atoms with Crippen molar-refractivity contribution in [2.75, 3.05) is 19.7 Å². The van der Waals surface area contributed by atoms with Crippen LogP contribution in [0, 0.1) is 6.92 Å². The number of ether oxygens (including phenoxy) is 1. The van der Waals surface area contributed by atoms with Crippen LogP contribution in [-0.4, -0.2) is 42.6 Å². The quantitative estimate of drug-likeness (QED) is 0.781. The smallest absolute Gasteiger partial charge is 0.409 e. The Labute approximate surface area is 96.1 Å². The van der Waals surface area contributed by atoms with Gasteiger partial charge >= 0.3 is 6.09 Å². The van der Waals surface area contributed by atoms with Crippen LogP contribution in [0.3, 0.4) is 0 Å². The van der Waals surface area contributed by atoms with Crippen molar-refractivity contribution in [3.63, 3.8) is 0 Å². The molecule has 91 valence electrons. The molecule has 0 saturated carbocycles. The Balaban J connectivity index is 2.28. The molecule has 1 aliphatic heterocycles. The van der Waals surface area contributed by atoms with Gasteiger partial charge < -0.3 is 15.0 Å². The fourth-order valence-electron chi connectivity index (χ4n) is 1.72. The third kappa shape index (κ3) is 3.72. The summed E-state index contributed by atoms with van der Waals surface area (Å²) in [4.78, 5) is 24.2. The first kappa shape index (κ1) is 12.8. The second-order valence-corrected chi connectivity index (χ2v) is 3.78. The van der Waals surface area contributed by atoms with E-state index in [1.165, 1.54) is 0 Å². The van der Waals surface area contributed by atoms with E-state index in [0.717, 1.165) is 12.8 Å². The Hall–Kier alpha value is -1.26. The second-order valence-electron chi connectivity index (χ2n) is 3.78. The number of nitrogens with zero attached hydrogens (tertiary/aromatic N) is 1. The van der Waals surface area contributed by atoms with Gasteiger partial charge in [-0.25, -0.2) is 4.79 Å². The van der Waals surface area contributed by atoms with E-state index in [9.17, 15) is 9.59 Å². The Bertz CT molecular complexity index is 248. The molecule has 1 radical (unpaired) electrons. The molecule has 0 aromatic rings. The highest BCUT2D eigenvalue weighted by Crippen LogP contribution is 2.11. The monoisotopic (exact) mass is 227 g/mol. The fraction of sp³-hybridized carbons (Fsp3) is 0.727. The summed E-state index contributed by atoms with van der Waals surface area (Å²) in [6, 6.07) is 0.167. The standard InChI is InChI=1S/C11H19N2O3/c1-3-10(14)12-9-5-7-13(8-6-9)11(15)16-4-2/h9H,1,3-8H2,2H3,(H,12,14). The normalized spacial score (nSPS) is 17.0. The van der Waals surface area contributed by atoms with E-state index in [2.05, 4.69) is 12.2 Å². The number of piperidine rings is 1. The van der Waals surface area contributed by atoms with E-state index in [-0.39, 0.29) is 24.5 Å². The van der Waals surface area contributed by atoms with Crippen molar-refractivity contribution < 1.29 is 14.3 Å². The van der Waals surface area contributed by atoms with Crippen molar-refractivity contribution in [1.82, 2.24) is 10.2 Å². The molecule has 5 nitrogen and oxygen atoms in total. The molecule has 1 aliphatic rings. The average Bonchev–Trinajstić information content (AvgIpc) is 2.30. The molecule has 0 atom stereocenters. The molecule has 1 saturated heterocycles. The van der Waals surface area contributed by atoms with Crippen molar-refractivity contribution in [3.8, 4) is 0 Å². The molecule has 1 N–H and O–H groups in total. The van der Waals surface area contributed by atoms with Crippen LogP contribution in [0.5, 0.6) is 0 Å². The molecule has 0 aromatic carbocycles. The number of amides is 2. The zero-order valence-corrected chi connectivity index (χ0v) is 9.70. The van der Waals surface area contributed by atoms with Crippen LogP contribution in [0.15, 0.2) is 0 Å². The molecule has 0 aliphatic carbocycles. The zero-order chi connectivity index (χ0) is 12.0. The summed E-state index contributed by atoms with van der Waals surface area (Å²) in [7, 11) is 0. The van der Waals surface area contributed by atoms with Gasteiger partial charge in [-0.15, -0.1) is 0 Å². The number of likely N-dealkylation sites (tertiary alicyclic amines) is 1. The number of hydrogen-bond acceptors (Lipinski definition) is 3. The van der Waals surface area contributed by atoms with Gasteiger partial charge in [-0.05, 0) is 26.7 Å². The molecule has 0 spiro atoms. The maximum absolute atomic E-state index is 11.4. The molecule has 2 amide bonds. The topological polar surface area (TPSA) is 58.6 Å². The van der Waals surface area contributed by atoms with Gasteiger partial charge in [-0.3, -0.25) is 4.79 Å². The molecule has 16 heavy (non-hydrogen) atoms. The molecule has 0 unspecified atom stereocenters. The van der Waals surface area contributed by atoms with Crippen molar-refractivity contribution in [2.45, 2.75) is 32.2 Å². The van der Waals surface area contributed by atoms with Crippen molar-refractivity contribution in [3.05, 3.63) is 6.92 Å². The van der Waals surface area contributed by atoms with E-state index in [1.807, 2.05) is 0 Å². The van der Waals surface area contributed by atoms with Gasteiger partial charge in [0.25, 0.3) is 0 Å². The first-order valence-corrected chi connectivity index (χ1v) is 5.67. The Morgan fingerprint density at radius 3 is 2.56 bits per heavy atom. The third-order valence-corrected chi connectivity index (χ3v) is 2.61. The third-order valence-electron chi connectivity index (χ3n) is 2.61. The molecule has 5 heteroatoms. The maximum Gasteiger partial charge on any atom is 0.409 e. The lowest BCUT2D eigenvalue weighted by Crippen LogP contribution is -2.46. The molecule has 0 bridgehead atoms. The van der Waals surface area contributed by atoms with Gasteiger partial charge in [0.2, 0.25) is 5.91 Å². The minimum absolute atomic E-state index is 0.0328. The van der Waals surface area contributed by atoms with E-state index >= 15 is 0 Å². The van der Waals surface area contributed by atoms with Crippen molar-refractivity contribution in [2.24, 2.45) is 0 Å². The summed E-state index contributed by atoms with van der Waals surface area (Å²) >= 11 is 0. The van der Waals surface area contributed by atoms with Crippen molar-refractivity contribution >= 4 is 12.0 Å². The van der Waals surface area contributed by atoms with Crippen LogP contribution in [0.2, 0.25) is 0 Å². The summed E-state index contributed by atoms with van der Waals surface area (Å²) in [5, 5.41) is 2.88. The molecule has 1 heterocycles. The largest absolute Gasteiger partial charge is 0.450 e. The van der Waals surface area contributed by atoms with Gasteiger partial charge in [0.15, 0.2) is 0 Å². The van der Waals surface area contributed by atoms with Gasteiger partial charge in [0.05, 0.1) is 6.61 Å². The average molecular weight is 227 g/mol. The number of hydrogen-bond donors (Lipinski definition) is 1. The summed E-state index contributed by atoms with van der Waals surface area (Å²) in [5.74, 6) is -0.0328. The minimum Gasteiger partial charge on any atom is -0.450 e. The summed E-state index contributed by atoms with van der Waals surface area (Å²) in [5.41, 5.74) is 0. The molecular formula is C11H19N2O3. The number of carbonyl (C=O) groups is 2. The zero-order valence-electron chi connectivity index (χ0n) is 9.70. The molecular weight excluding hydrogens is 208 g/mol. The molecule has 1 fully saturated rings. The van der Waals surface area contributed by atoms with Crippen LogP contribution in [0.4, 0.5) is 4.79 Å². The van der Waals surface area contributed by atoms with Gasteiger partial charge in [0.1, 0.15) is 0 Å². The Kier molecular flexibility index (Phi) is 5.08. The first-order chi connectivity index (χ1) is 7.67. The predicted octanol–water partition coefficient (Wildman–Crippen LogP) is 0.948. The summed E-state index contributed by atoms with van der Waals surface area (Å²) in [6.07, 6.45) is 1.57. The van der Waals surface area contributed by atoms with Crippen molar-refractivity contribution in [1.29, 1.82) is 0 Å². The molecule has 1 rings (SSSR count). The second kappa shape index (κ2) is 6.35. The van der Waals surface area contributed by atoms with E-state index in [1.54, 1.807) is 11.8 Å². The fourth-order valence-corrected chi connectivity index (χ4v) is 1.72. The Morgan fingerprint density at radius 2 is 2.06 bits per heavy atom. The number of rotatable bonds is 3. The van der Waals surface area contributed by atoms with E-state index in [4.69, 9.17) is 4.74 Å². The van der Waals surface area contributed by atoms with Crippen LogP contribution >= 0.6 is 0 Å². The highest BCUT2D eigenvalue weighted by molar-refractivity contribution is 5.76. The molecule has 0 aromatic heterocycles. The van der Waals surface area contributed by atoms with Crippen LogP contribution in [0.25, 0.3) is 0 Å². The van der Waals surface area contributed by atoms with E-state index in [0.29, 0.717) is 19.7 Å². The maximum atomic E-state index is 11.4. The van der Waals surface area contributed by atoms with Crippen LogP contribution in [0.1, 0.15) is 26.2 Å². The highest BCUT2D eigenvalue weighted by Gasteiger charge is 2.23. The number of nitrogens with one attached hydrogen (secondary N) is 1. The van der Waals surface area contributed by atoms with Crippen LogP contribution < -0.4 is 5.32 Å². The predicted molar refractivity (Wildman–Crippen MR) is 59.7 cm³/mol. The van der Waals surface area contributed by atoms with Gasteiger partial charge in [-0.1, -0.05) is 0 Å². The van der Waals surface area contributed by atoms with Gasteiger partial charge in [0, 0.05) is 25.6 Å². The summed E-state index contributed by atoms with van der Waals surface area (Å²) < 4.78 is 4.91. The SMILES string of the molecule is [CH2]CC(=O)NC1CCN(C(=O)OCC)CC1. The van der Waals surface area contributed by atoms with Crippen LogP contribution in [-0.2, 0) is 9.53 Å².